The fraction of sp³-hybridized carbons (Fsp3) is 0.375. The van der Waals surface area contributed by atoms with E-state index in [9.17, 15) is 15.8 Å². The Labute approximate surface area is 127 Å². The van der Waals surface area contributed by atoms with Crippen molar-refractivity contribution in [1.29, 1.82) is 21.2 Å². The minimum atomic E-state index is -1.76. The molecule has 0 saturated carbocycles. The van der Waals surface area contributed by atoms with Gasteiger partial charge in [0.1, 0.15) is 0 Å². The third-order valence-electron chi connectivity index (χ3n) is 4.74. The van der Waals surface area contributed by atoms with Crippen LogP contribution in [0.1, 0.15) is 12.5 Å². The summed E-state index contributed by atoms with van der Waals surface area (Å²) in [6.07, 6.45) is 0. The number of ether oxygens (including phenoxy) is 2. The van der Waals surface area contributed by atoms with Crippen molar-refractivity contribution in [3.05, 3.63) is 35.9 Å². The van der Waals surface area contributed by atoms with Gasteiger partial charge in [0.25, 0.3) is 0 Å². The predicted molar refractivity (Wildman–Crippen MR) is 73.8 cm³/mol. The van der Waals surface area contributed by atoms with Crippen LogP contribution in [0.5, 0.6) is 0 Å². The standard InChI is InChI=1S/C16H12N4O2/c1-11-15(9-19)13(20)22-16(11,12-5-3-2-4-6-12)21-10-14(15,7-17)8-18/h2-6,11,20H,10H2,1H3. The average molecular weight is 292 g/mol. The van der Waals surface area contributed by atoms with Crippen LogP contribution in [0.15, 0.2) is 30.3 Å². The zero-order valence-corrected chi connectivity index (χ0v) is 11.8. The van der Waals surface area contributed by atoms with Gasteiger partial charge in [0.15, 0.2) is 10.8 Å². The fourth-order valence-electron chi connectivity index (χ4n) is 3.42. The molecule has 2 saturated heterocycles. The Kier molecular flexibility index (Phi) is 2.75. The first-order valence-electron chi connectivity index (χ1n) is 6.74. The molecule has 2 aliphatic rings. The Morgan fingerprint density at radius 1 is 1.14 bits per heavy atom. The summed E-state index contributed by atoms with van der Waals surface area (Å²) >= 11 is 0. The molecule has 108 valence electrons. The first kappa shape index (κ1) is 14.1. The van der Waals surface area contributed by atoms with Crippen LogP contribution in [-0.4, -0.2) is 12.5 Å². The van der Waals surface area contributed by atoms with Crippen LogP contribution in [0.25, 0.3) is 0 Å². The van der Waals surface area contributed by atoms with Crippen LogP contribution in [0.2, 0.25) is 0 Å². The third kappa shape index (κ3) is 1.27. The molecule has 22 heavy (non-hydrogen) atoms. The molecule has 1 N–H and O–H groups in total. The van der Waals surface area contributed by atoms with E-state index >= 15 is 0 Å². The SMILES string of the molecule is CC1C2(c3ccccc3)OCC(C#N)(C#N)C1(C#N)C(=N)O2. The number of benzene rings is 1. The third-order valence-corrected chi connectivity index (χ3v) is 4.74. The lowest BCUT2D eigenvalue weighted by atomic mass is 9.57. The lowest BCUT2D eigenvalue weighted by Crippen LogP contribution is -2.56. The highest BCUT2D eigenvalue weighted by molar-refractivity contribution is 5.89. The zero-order chi connectivity index (χ0) is 16.0. The van der Waals surface area contributed by atoms with Crippen molar-refractivity contribution in [3.63, 3.8) is 0 Å². The highest BCUT2D eigenvalue weighted by Crippen LogP contribution is 2.63. The van der Waals surface area contributed by atoms with E-state index in [1.54, 1.807) is 31.2 Å². The first-order chi connectivity index (χ1) is 10.5. The van der Waals surface area contributed by atoms with Gasteiger partial charge < -0.3 is 9.47 Å². The lowest BCUT2D eigenvalue weighted by molar-refractivity contribution is -0.252. The van der Waals surface area contributed by atoms with Gasteiger partial charge in [-0.1, -0.05) is 37.3 Å². The quantitative estimate of drug-likeness (QED) is 0.850. The molecule has 0 aromatic heterocycles. The summed E-state index contributed by atoms with van der Waals surface area (Å²) in [4.78, 5) is 0. The summed E-state index contributed by atoms with van der Waals surface area (Å²) in [5, 5.41) is 36.9. The predicted octanol–water partition coefficient (Wildman–Crippen LogP) is 2.06. The first-order valence-corrected chi connectivity index (χ1v) is 6.74. The van der Waals surface area contributed by atoms with Crippen molar-refractivity contribution in [2.75, 3.05) is 6.61 Å². The Bertz CT molecular complexity index is 756. The fourth-order valence-corrected chi connectivity index (χ4v) is 3.42. The molecule has 2 heterocycles. The van der Waals surface area contributed by atoms with Crippen LogP contribution < -0.4 is 0 Å². The molecule has 1 aromatic rings. The normalized spacial score (nSPS) is 34.8. The summed E-state index contributed by atoms with van der Waals surface area (Å²) in [5.74, 6) is -2.37. The summed E-state index contributed by atoms with van der Waals surface area (Å²) < 4.78 is 11.5. The highest BCUT2D eigenvalue weighted by Gasteiger charge is 2.76. The molecule has 6 nitrogen and oxygen atoms in total. The Balaban J connectivity index is 2.26. The van der Waals surface area contributed by atoms with Gasteiger partial charge in [0.2, 0.25) is 11.7 Å². The highest BCUT2D eigenvalue weighted by atomic mass is 16.7. The van der Waals surface area contributed by atoms with Crippen LogP contribution >= 0.6 is 0 Å². The lowest BCUT2D eigenvalue weighted by Gasteiger charge is -2.44. The molecule has 1 aromatic carbocycles. The molecule has 6 heteroatoms. The van der Waals surface area contributed by atoms with Crippen LogP contribution in [0, 0.1) is 56.2 Å². The van der Waals surface area contributed by atoms with Crippen LogP contribution in [0.4, 0.5) is 0 Å². The minimum Gasteiger partial charge on any atom is -0.443 e. The second kappa shape index (κ2) is 4.31. The van der Waals surface area contributed by atoms with E-state index < -0.39 is 22.5 Å². The number of hydrogen-bond donors (Lipinski definition) is 1. The Morgan fingerprint density at radius 2 is 1.77 bits per heavy atom. The minimum absolute atomic E-state index is 0.283. The van der Waals surface area contributed by atoms with Gasteiger partial charge in [-0.3, -0.25) is 5.41 Å². The van der Waals surface area contributed by atoms with Crippen molar-refractivity contribution in [1.82, 2.24) is 0 Å². The number of nitrogens with one attached hydrogen (secondary N) is 1. The summed E-state index contributed by atoms with van der Waals surface area (Å²) in [6, 6.07) is 14.8. The molecule has 3 rings (SSSR count). The van der Waals surface area contributed by atoms with Crippen LogP contribution in [-0.2, 0) is 15.3 Å². The van der Waals surface area contributed by atoms with Gasteiger partial charge >= 0.3 is 0 Å². The monoisotopic (exact) mass is 292 g/mol. The van der Waals surface area contributed by atoms with E-state index in [-0.39, 0.29) is 12.5 Å². The number of rotatable bonds is 1. The summed E-state index contributed by atoms with van der Waals surface area (Å²) in [7, 11) is 0. The van der Waals surface area contributed by atoms with Gasteiger partial charge in [0, 0.05) is 5.56 Å². The second-order valence-corrected chi connectivity index (χ2v) is 5.52. The molecule has 0 amide bonds. The average Bonchev–Trinajstić information content (AvgIpc) is 2.72. The van der Waals surface area contributed by atoms with E-state index in [1.165, 1.54) is 0 Å². The maximum absolute atomic E-state index is 9.74. The van der Waals surface area contributed by atoms with E-state index in [1.807, 2.05) is 24.3 Å². The topological polar surface area (TPSA) is 114 Å². The van der Waals surface area contributed by atoms with Crippen molar-refractivity contribution in [2.45, 2.75) is 12.7 Å². The molecule has 0 radical (unpaired) electrons. The Hall–Kier alpha value is -2.88. The summed E-state index contributed by atoms with van der Waals surface area (Å²) in [5.41, 5.74) is -2.74. The van der Waals surface area contributed by atoms with Gasteiger partial charge in [-0.05, 0) is 0 Å². The molecule has 2 bridgehead atoms. The summed E-state index contributed by atoms with van der Waals surface area (Å²) in [6.45, 7) is 1.40. The number of nitriles is 3. The van der Waals surface area contributed by atoms with Crippen molar-refractivity contribution < 1.29 is 9.47 Å². The molecule has 3 unspecified atom stereocenters. The Morgan fingerprint density at radius 3 is 2.32 bits per heavy atom. The van der Waals surface area contributed by atoms with Gasteiger partial charge in [-0.15, -0.1) is 0 Å². The van der Waals surface area contributed by atoms with E-state index in [4.69, 9.17) is 14.9 Å². The van der Waals surface area contributed by atoms with Crippen molar-refractivity contribution in [3.8, 4) is 18.2 Å². The van der Waals surface area contributed by atoms with Gasteiger partial charge in [-0.25, -0.2) is 0 Å². The molecule has 2 fully saturated rings. The van der Waals surface area contributed by atoms with E-state index in [0.29, 0.717) is 5.56 Å². The van der Waals surface area contributed by atoms with Crippen LogP contribution in [0.3, 0.4) is 0 Å². The smallest absolute Gasteiger partial charge is 0.243 e. The number of nitrogens with zero attached hydrogens (tertiary/aromatic N) is 3. The zero-order valence-electron chi connectivity index (χ0n) is 11.8. The maximum atomic E-state index is 9.74. The number of fused-ring (bicyclic) bond motifs is 2. The molecule has 0 aliphatic carbocycles. The second-order valence-electron chi connectivity index (χ2n) is 5.52. The molecule has 0 spiro atoms. The maximum Gasteiger partial charge on any atom is 0.243 e. The largest absolute Gasteiger partial charge is 0.443 e. The van der Waals surface area contributed by atoms with Gasteiger partial charge in [0.05, 0.1) is 30.7 Å². The molecule has 2 aliphatic heterocycles. The number of hydrogen-bond acceptors (Lipinski definition) is 6. The molecule has 3 atom stereocenters. The van der Waals surface area contributed by atoms with Crippen molar-refractivity contribution in [2.24, 2.45) is 16.7 Å². The van der Waals surface area contributed by atoms with Gasteiger partial charge in [-0.2, -0.15) is 15.8 Å². The van der Waals surface area contributed by atoms with E-state index in [0.717, 1.165) is 0 Å². The molecular weight excluding hydrogens is 280 g/mol. The van der Waals surface area contributed by atoms with Crippen molar-refractivity contribution >= 4 is 5.90 Å². The molecular formula is C16H12N4O2. The van der Waals surface area contributed by atoms with E-state index in [2.05, 4.69) is 0 Å².